The summed E-state index contributed by atoms with van der Waals surface area (Å²) in [6, 6.07) is 0. The third-order valence-corrected chi connectivity index (χ3v) is 3.13. The Hall–Kier alpha value is -0.0800. The molecule has 0 aromatic rings. The predicted octanol–water partition coefficient (Wildman–Crippen LogP) is 0.531. The first-order valence-electron chi connectivity index (χ1n) is 3.96. The molecule has 0 aliphatic heterocycles. The van der Waals surface area contributed by atoms with E-state index in [2.05, 4.69) is 0 Å². The van der Waals surface area contributed by atoms with Gasteiger partial charge >= 0.3 is 0 Å². The standard InChI is InChI=1S/C8H14O2/c9-5-8(6-10)3-7(4-8)1-2-7/h9-10H,1-6H2. The molecule has 0 heterocycles. The van der Waals surface area contributed by atoms with E-state index >= 15 is 0 Å². The lowest BCUT2D eigenvalue weighted by Gasteiger charge is -2.46. The molecule has 2 rings (SSSR count). The first kappa shape index (κ1) is 6.62. The van der Waals surface area contributed by atoms with E-state index < -0.39 is 0 Å². The van der Waals surface area contributed by atoms with Gasteiger partial charge < -0.3 is 10.2 Å². The van der Waals surface area contributed by atoms with Crippen molar-refractivity contribution in [3.05, 3.63) is 0 Å². The van der Waals surface area contributed by atoms with Gasteiger partial charge in [0.15, 0.2) is 0 Å². The van der Waals surface area contributed by atoms with Crippen molar-refractivity contribution in [3.8, 4) is 0 Å². The number of aliphatic hydroxyl groups excluding tert-OH is 2. The fourth-order valence-electron chi connectivity index (χ4n) is 2.34. The van der Waals surface area contributed by atoms with Crippen LogP contribution >= 0.6 is 0 Å². The quantitative estimate of drug-likeness (QED) is 0.590. The highest BCUT2D eigenvalue weighted by atomic mass is 16.3. The summed E-state index contributed by atoms with van der Waals surface area (Å²) in [4.78, 5) is 0. The van der Waals surface area contributed by atoms with E-state index in [-0.39, 0.29) is 18.6 Å². The first-order chi connectivity index (χ1) is 4.74. The highest BCUT2D eigenvalue weighted by Gasteiger charge is 2.60. The fraction of sp³-hybridized carbons (Fsp3) is 1.00. The number of hydrogen-bond acceptors (Lipinski definition) is 2. The van der Waals surface area contributed by atoms with Crippen LogP contribution in [-0.4, -0.2) is 23.4 Å². The average Bonchev–Trinajstić information content (AvgIpc) is 2.63. The van der Waals surface area contributed by atoms with Crippen LogP contribution in [0.4, 0.5) is 0 Å². The topological polar surface area (TPSA) is 40.5 Å². The molecular formula is C8H14O2. The van der Waals surface area contributed by atoms with E-state index in [0.29, 0.717) is 5.41 Å². The van der Waals surface area contributed by atoms with Gasteiger partial charge in [-0.1, -0.05) is 0 Å². The van der Waals surface area contributed by atoms with Gasteiger partial charge in [0.25, 0.3) is 0 Å². The van der Waals surface area contributed by atoms with Gasteiger partial charge in [0.2, 0.25) is 0 Å². The third kappa shape index (κ3) is 0.722. The van der Waals surface area contributed by atoms with Gasteiger partial charge in [-0.15, -0.1) is 0 Å². The maximum absolute atomic E-state index is 8.94. The third-order valence-electron chi connectivity index (χ3n) is 3.13. The summed E-state index contributed by atoms with van der Waals surface area (Å²) in [7, 11) is 0. The van der Waals surface area contributed by atoms with Crippen LogP contribution in [-0.2, 0) is 0 Å². The van der Waals surface area contributed by atoms with Crippen LogP contribution in [0.15, 0.2) is 0 Å². The second-order valence-corrected chi connectivity index (χ2v) is 4.17. The molecule has 0 saturated heterocycles. The second-order valence-electron chi connectivity index (χ2n) is 4.17. The highest BCUT2D eigenvalue weighted by molar-refractivity contribution is 5.10. The molecule has 2 N–H and O–H groups in total. The molecule has 2 saturated carbocycles. The van der Waals surface area contributed by atoms with Gasteiger partial charge in [-0.2, -0.15) is 0 Å². The molecule has 58 valence electrons. The minimum Gasteiger partial charge on any atom is -0.396 e. The Labute approximate surface area is 60.9 Å². The summed E-state index contributed by atoms with van der Waals surface area (Å²) < 4.78 is 0. The van der Waals surface area contributed by atoms with Crippen LogP contribution in [0.25, 0.3) is 0 Å². The van der Waals surface area contributed by atoms with E-state index in [9.17, 15) is 0 Å². The lowest BCUT2D eigenvalue weighted by molar-refractivity contribution is -0.0602. The highest BCUT2D eigenvalue weighted by Crippen LogP contribution is 2.68. The second kappa shape index (κ2) is 1.74. The lowest BCUT2D eigenvalue weighted by Crippen LogP contribution is -2.44. The summed E-state index contributed by atoms with van der Waals surface area (Å²) in [6.07, 6.45) is 4.78. The Balaban J connectivity index is 1.95. The Bertz CT molecular complexity index is 135. The van der Waals surface area contributed by atoms with Crippen molar-refractivity contribution < 1.29 is 10.2 Å². The van der Waals surface area contributed by atoms with Crippen LogP contribution in [0, 0.1) is 10.8 Å². The van der Waals surface area contributed by atoms with Crippen molar-refractivity contribution in [2.45, 2.75) is 25.7 Å². The van der Waals surface area contributed by atoms with Gasteiger partial charge in [0, 0.05) is 5.41 Å². The minimum absolute atomic E-state index is 0.0868. The molecular weight excluding hydrogens is 128 g/mol. The number of aliphatic hydroxyl groups is 2. The molecule has 0 atom stereocenters. The van der Waals surface area contributed by atoms with Crippen LogP contribution in [0.2, 0.25) is 0 Å². The van der Waals surface area contributed by atoms with E-state index in [4.69, 9.17) is 10.2 Å². The molecule has 2 aliphatic rings. The van der Waals surface area contributed by atoms with Gasteiger partial charge in [0.1, 0.15) is 0 Å². The normalized spacial score (nSPS) is 31.8. The largest absolute Gasteiger partial charge is 0.396 e. The Morgan fingerprint density at radius 2 is 1.50 bits per heavy atom. The van der Waals surface area contributed by atoms with Crippen molar-refractivity contribution in [1.82, 2.24) is 0 Å². The fourth-order valence-corrected chi connectivity index (χ4v) is 2.34. The zero-order chi connectivity index (χ0) is 7.24. The maximum atomic E-state index is 8.94. The van der Waals surface area contributed by atoms with Crippen LogP contribution < -0.4 is 0 Å². The zero-order valence-corrected chi connectivity index (χ0v) is 6.14. The van der Waals surface area contributed by atoms with Gasteiger partial charge in [-0.05, 0) is 31.1 Å². The Morgan fingerprint density at radius 3 is 1.80 bits per heavy atom. The maximum Gasteiger partial charge on any atom is 0.0509 e. The molecule has 10 heavy (non-hydrogen) atoms. The van der Waals surface area contributed by atoms with Crippen LogP contribution in [0.5, 0.6) is 0 Å². The molecule has 0 unspecified atom stereocenters. The van der Waals surface area contributed by atoms with E-state index in [1.165, 1.54) is 12.8 Å². The summed E-state index contributed by atoms with van der Waals surface area (Å²) in [5.74, 6) is 0. The molecule has 2 fully saturated rings. The van der Waals surface area contributed by atoms with E-state index in [1.807, 2.05) is 0 Å². The predicted molar refractivity (Wildman–Crippen MR) is 37.5 cm³/mol. The van der Waals surface area contributed by atoms with Gasteiger partial charge in [-0.3, -0.25) is 0 Å². The lowest BCUT2D eigenvalue weighted by atomic mass is 9.60. The molecule has 2 nitrogen and oxygen atoms in total. The van der Waals surface area contributed by atoms with E-state index in [0.717, 1.165) is 12.8 Å². The van der Waals surface area contributed by atoms with Crippen molar-refractivity contribution in [2.24, 2.45) is 10.8 Å². The number of rotatable bonds is 2. The summed E-state index contributed by atoms with van der Waals surface area (Å²) >= 11 is 0. The van der Waals surface area contributed by atoms with Crippen molar-refractivity contribution in [3.63, 3.8) is 0 Å². The minimum atomic E-state index is -0.0868. The summed E-state index contributed by atoms with van der Waals surface area (Å²) in [6.45, 7) is 0.344. The van der Waals surface area contributed by atoms with Gasteiger partial charge in [-0.25, -0.2) is 0 Å². The first-order valence-corrected chi connectivity index (χ1v) is 3.96. The Morgan fingerprint density at radius 1 is 1.00 bits per heavy atom. The average molecular weight is 142 g/mol. The van der Waals surface area contributed by atoms with Crippen molar-refractivity contribution in [1.29, 1.82) is 0 Å². The van der Waals surface area contributed by atoms with Crippen LogP contribution in [0.1, 0.15) is 25.7 Å². The summed E-state index contributed by atoms with van der Waals surface area (Å²) in [5.41, 5.74) is 0.502. The SMILES string of the molecule is OCC1(CO)CC2(CC2)C1. The van der Waals surface area contributed by atoms with E-state index in [1.54, 1.807) is 0 Å². The molecule has 2 aliphatic carbocycles. The van der Waals surface area contributed by atoms with Crippen molar-refractivity contribution >= 4 is 0 Å². The Kier molecular flexibility index (Phi) is 1.15. The molecule has 0 amide bonds. The molecule has 0 radical (unpaired) electrons. The molecule has 2 heteroatoms. The van der Waals surface area contributed by atoms with Gasteiger partial charge in [0.05, 0.1) is 13.2 Å². The van der Waals surface area contributed by atoms with Crippen LogP contribution in [0.3, 0.4) is 0 Å². The molecule has 1 spiro atoms. The zero-order valence-electron chi connectivity index (χ0n) is 6.14. The molecule has 0 aromatic carbocycles. The summed E-state index contributed by atoms with van der Waals surface area (Å²) in [5, 5.41) is 17.9. The smallest absolute Gasteiger partial charge is 0.0509 e. The number of hydrogen-bond donors (Lipinski definition) is 2. The van der Waals surface area contributed by atoms with Crippen molar-refractivity contribution in [2.75, 3.05) is 13.2 Å². The monoisotopic (exact) mass is 142 g/mol. The molecule has 0 aromatic heterocycles. The molecule has 0 bridgehead atoms.